The van der Waals surface area contributed by atoms with Crippen molar-refractivity contribution < 1.29 is 9.53 Å². The Morgan fingerprint density at radius 3 is 2.05 bits per heavy atom. The molecule has 2 rings (SSSR count). The first-order chi connectivity index (χ1) is 9.07. The van der Waals surface area contributed by atoms with Crippen molar-refractivity contribution in [2.75, 3.05) is 6.61 Å². The van der Waals surface area contributed by atoms with E-state index < -0.39 is 5.60 Å². The summed E-state index contributed by atoms with van der Waals surface area (Å²) in [5.74, 6) is 2.27. The zero-order chi connectivity index (χ0) is 13.9. The molecule has 0 unspecified atom stereocenters. The molecule has 0 aromatic rings. The van der Waals surface area contributed by atoms with Gasteiger partial charge < -0.3 is 4.74 Å². The van der Waals surface area contributed by atoms with Gasteiger partial charge in [0.2, 0.25) is 0 Å². The molecule has 2 nitrogen and oxygen atoms in total. The molecule has 0 aromatic carbocycles. The Morgan fingerprint density at radius 1 is 1.00 bits per heavy atom. The van der Waals surface area contributed by atoms with Gasteiger partial charge in [0.1, 0.15) is 5.60 Å². The maximum absolute atomic E-state index is 13.0. The van der Waals surface area contributed by atoms with Crippen LogP contribution in [0.15, 0.2) is 0 Å². The summed E-state index contributed by atoms with van der Waals surface area (Å²) in [5.41, 5.74) is -0.424. The molecular formula is C17H30O2. The molecule has 2 saturated carbocycles. The standard InChI is InChI=1S/C17H30O2/c1-4-19-17(11-9-14(3)10-12-17)16(18)15-7-5-13(2)6-8-15/h13-15H,4-12H2,1-3H3. The Morgan fingerprint density at radius 2 is 1.53 bits per heavy atom. The number of hydrogen-bond donors (Lipinski definition) is 0. The van der Waals surface area contributed by atoms with Crippen molar-refractivity contribution in [3.63, 3.8) is 0 Å². The summed E-state index contributed by atoms with van der Waals surface area (Å²) in [4.78, 5) is 13.0. The third kappa shape index (κ3) is 3.39. The Balaban J connectivity index is 2.04. The molecule has 0 radical (unpaired) electrons. The molecule has 2 aliphatic carbocycles. The second-order valence-corrected chi connectivity index (χ2v) is 6.93. The van der Waals surface area contributed by atoms with Crippen LogP contribution in [0.1, 0.15) is 72.1 Å². The van der Waals surface area contributed by atoms with E-state index in [1.54, 1.807) is 0 Å². The predicted molar refractivity (Wildman–Crippen MR) is 78.1 cm³/mol. The van der Waals surface area contributed by atoms with Crippen molar-refractivity contribution in [1.29, 1.82) is 0 Å². The van der Waals surface area contributed by atoms with Crippen LogP contribution < -0.4 is 0 Å². The van der Waals surface area contributed by atoms with Gasteiger partial charge >= 0.3 is 0 Å². The number of Topliss-reactive ketones (excluding diaryl/α,β-unsaturated/α-hetero) is 1. The number of carbonyl (C=O) groups excluding carboxylic acids is 1. The maximum Gasteiger partial charge on any atom is 0.167 e. The molecule has 110 valence electrons. The Bertz CT molecular complexity index is 294. The SMILES string of the molecule is CCOC1(C(=O)C2CCC(C)CC2)CCC(C)CC1. The summed E-state index contributed by atoms with van der Waals surface area (Å²) in [6.07, 6.45) is 8.81. The van der Waals surface area contributed by atoms with Crippen LogP contribution in [0.3, 0.4) is 0 Å². The van der Waals surface area contributed by atoms with E-state index >= 15 is 0 Å². The lowest BCUT2D eigenvalue weighted by Crippen LogP contribution is -2.48. The quantitative estimate of drug-likeness (QED) is 0.755. The molecule has 0 spiro atoms. The van der Waals surface area contributed by atoms with Crippen molar-refractivity contribution >= 4 is 5.78 Å². The summed E-state index contributed by atoms with van der Waals surface area (Å²) in [7, 11) is 0. The van der Waals surface area contributed by atoms with E-state index in [1.807, 2.05) is 6.92 Å². The van der Waals surface area contributed by atoms with Crippen LogP contribution >= 0.6 is 0 Å². The fourth-order valence-electron chi connectivity index (χ4n) is 3.86. The van der Waals surface area contributed by atoms with Gasteiger partial charge in [-0.25, -0.2) is 0 Å². The fraction of sp³-hybridized carbons (Fsp3) is 0.941. The first-order valence-corrected chi connectivity index (χ1v) is 8.25. The van der Waals surface area contributed by atoms with Gasteiger partial charge in [-0.2, -0.15) is 0 Å². The minimum atomic E-state index is -0.424. The minimum Gasteiger partial charge on any atom is -0.367 e. The molecule has 2 heteroatoms. The van der Waals surface area contributed by atoms with E-state index in [2.05, 4.69) is 13.8 Å². The third-order valence-electron chi connectivity index (χ3n) is 5.34. The van der Waals surface area contributed by atoms with Crippen LogP contribution in [0.25, 0.3) is 0 Å². The highest BCUT2D eigenvalue weighted by atomic mass is 16.5. The number of carbonyl (C=O) groups is 1. The van der Waals surface area contributed by atoms with Crippen LogP contribution in [-0.2, 0) is 9.53 Å². The van der Waals surface area contributed by atoms with E-state index in [-0.39, 0.29) is 5.92 Å². The molecule has 0 N–H and O–H groups in total. The van der Waals surface area contributed by atoms with Crippen molar-refractivity contribution in [2.24, 2.45) is 17.8 Å². The predicted octanol–water partition coefficient (Wildman–Crippen LogP) is 4.37. The van der Waals surface area contributed by atoms with Crippen LogP contribution in [0, 0.1) is 17.8 Å². The van der Waals surface area contributed by atoms with Crippen LogP contribution in [-0.4, -0.2) is 18.0 Å². The largest absolute Gasteiger partial charge is 0.367 e. The van der Waals surface area contributed by atoms with E-state index in [0.29, 0.717) is 12.4 Å². The van der Waals surface area contributed by atoms with Gasteiger partial charge in [0.15, 0.2) is 5.78 Å². The fourth-order valence-corrected chi connectivity index (χ4v) is 3.86. The summed E-state index contributed by atoms with van der Waals surface area (Å²) >= 11 is 0. The average Bonchev–Trinajstić information content (AvgIpc) is 2.42. The van der Waals surface area contributed by atoms with E-state index in [9.17, 15) is 4.79 Å². The first kappa shape index (κ1) is 15.0. The molecule has 0 atom stereocenters. The summed E-state index contributed by atoms with van der Waals surface area (Å²) in [6, 6.07) is 0. The lowest BCUT2D eigenvalue weighted by atomic mass is 9.70. The molecule has 0 aromatic heterocycles. The number of hydrogen-bond acceptors (Lipinski definition) is 2. The van der Waals surface area contributed by atoms with Gasteiger partial charge in [0.05, 0.1) is 0 Å². The molecule has 0 heterocycles. The van der Waals surface area contributed by atoms with Crippen molar-refractivity contribution in [2.45, 2.75) is 77.7 Å². The van der Waals surface area contributed by atoms with Gasteiger partial charge in [0, 0.05) is 12.5 Å². The van der Waals surface area contributed by atoms with Gasteiger partial charge in [0.25, 0.3) is 0 Å². The van der Waals surface area contributed by atoms with Gasteiger partial charge in [-0.05, 0) is 57.3 Å². The average molecular weight is 266 g/mol. The number of ether oxygens (including phenoxy) is 1. The van der Waals surface area contributed by atoms with Crippen LogP contribution in [0.5, 0.6) is 0 Å². The van der Waals surface area contributed by atoms with Gasteiger partial charge in [-0.3, -0.25) is 4.79 Å². The highest BCUT2D eigenvalue weighted by molar-refractivity contribution is 5.89. The first-order valence-electron chi connectivity index (χ1n) is 8.25. The van der Waals surface area contributed by atoms with Gasteiger partial charge in [-0.1, -0.05) is 26.7 Å². The second-order valence-electron chi connectivity index (χ2n) is 6.93. The monoisotopic (exact) mass is 266 g/mol. The van der Waals surface area contributed by atoms with Gasteiger partial charge in [-0.15, -0.1) is 0 Å². The number of rotatable bonds is 4. The highest BCUT2D eigenvalue weighted by Crippen LogP contribution is 2.40. The van der Waals surface area contributed by atoms with Crippen molar-refractivity contribution in [3.05, 3.63) is 0 Å². The second kappa shape index (κ2) is 6.39. The van der Waals surface area contributed by atoms with Crippen LogP contribution in [0.2, 0.25) is 0 Å². The Hall–Kier alpha value is -0.370. The van der Waals surface area contributed by atoms with E-state index in [1.165, 1.54) is 12.8 Å². The Labute approximate surface area is 118 Å². The molecule has 19 heavy (non-hydrogen) atoms. The van der Waals surface area contributed by atoms with E-state index in [0.717, 1.165) is 50.4 Å². The molecule has 0 saturated heterocycles. The molecule has 2 fully saturated rings. The summed E-state index contributed by atoms with van der Waals surface area (Å²) in [5, 5.41) is 0. The molecular weight excluding hydrogens is 236 g/mol. The topological polar surface area (TPSA) is 26.3 Å². The lowest BCUT2D eigenvalue weighted by molar-refractivity contribution is -0.155. The molecule has 2 aliphatic rings. The normalized spacial score (nSPS) is 40.1. The lowest BCUT2D eigenvalue weighted by Gasteiger charge is -2.41. The van der Waals surface area contributed by atoms with Crippen molar-refractivity contribution in [3.8, 4) is 0 Å². The molecule has 0 amide bonds. The number of ketones is 1. The molecule has 0 aliphatic heterocycles. The minimum absolute atomic E-state index is 0.274. The maximum atomic E-state index is 13.0. The Kier molecular flexibility index (Phi) is 5.05. The van der Waals surface area contributed by atoms with Crippen LogP contribution in [0.4, 0.5) is 0 Å². The highest BCUT2D eigenvalue weighted by Gasteiger charge is 2.44. The summed E-state index contributed by atoms with van der Waals surface area (Å²) < 4.78 is 6.01. The molecule has 0 bridgehead atoms. The zero-order valence-corrected chi connectivity index (χ0v) is 12.9. The van der Waals surface area contributed by atoms with Crippen molar-refractivity contribution in [1.82, 2.24) is 0 Å². The summed E-state index contributed by atoms with van der Waals surface area (Å²) in [6.45, 7) is 7.29. The smallest absolute Gasteiger partial charge is 0.167 e. The third-order valence-corrected chi connectivity index (χ3v) is 5.34. The van der Waals surface area contributed by atoms with E-state index in [4.69, 9.17) is 4.74 Å². The zero-order valence-electron chi connectivity index (χ0n) is 12.9.